The minimum atomic E-state index is 0.0757. The van der Waals surface area contributed by atoms with Crippen LogP contribution in [0.15, 0.2) is 64.9 Å². The number of hydrogen-bond donors (Lipinski definition) is 0. The van der Waals surface area contributed by atoms with E-state index in [1.807, 2.05) is 46.3 Å². The van der Waals surface area contributed by atoms with Crippen LogP contribution in [0.1, 0.15) is 18.9 Å². The molecule has 1 aliphatic carbocycles. The molecule has 0 aliphatic heterocycles. The number of aromatic nitrogens is 2. The van der Waals surface area contributed by atoms with Crippen LogP contribution < -0.4 is 10.3 Å². The highest BCUT2D eigenvalue weighted by Crippen LogP contribution is 2.39. The molecule has 1 aliphatic rings. The highest BCUT2D eigenvalue weighted by atomic mass is 32.1. The van der Waals surface area contributed by atoms with Gasteiger partial charge in [-0.1, -0.05) is 24.3 Å². The van der Waals surface area contributed by atoms with Gasteiger partial charge < -0.3 is 9.30 Å². The van der Waals surface area contributed by atoms with Crippen molar-refractivity contribution in [1.82, 2.24) is 9.55 Å². The Balaban J connectivity index is 1.76. The van der Waals surface area contributed by atoms with Gasteiger partial charge in [-0.3, -0.25) is 4.79 Å². The van der Waals surface area contributed by atoms with Crippen LogP contribution in [-0.4, -0.2) is 16.7 Å². The lowest BCUT2D eigenvalue weighted by Gasteiger charge is -2.14. The van der Waals surface area contributed by atoms with E-state index in [1.165, 1.54) is 0 Å². The first kappa shape index (κ1) is 16.3. The van der Waals surface area contributed by atoms with Crippen LogP contribution in [-0.2, 0) is 0 Å². The van der Waals surface area contributed by atoms with Crippen molar-refractivity contribution in [2.45, 2.75) is 18.9 Å². The quantitative estimate of drug-likeness (QED) is 0.497. The molecule has 2 aromatic heterocycles. The number of methoxy groups -OCH3 is 1. The summed E-state index contributed by atoms with van der Waals surface area (Å²) in [5, 5.41) is 4.53. The summed E-state index contributed by atoms with van der Waals surface area (Å²) < 4.78 is 7.44. The molecule has 0 atom stereocenters. The van der Waals surface area contributed by atoms with Crippen molar-refractivity contribution in [2.75, 3.05) is 7.11 Å². The van der Waals surface area contributed by atoms with Crippen LogP contribution >= 0.6 is 11.3 Å². The van der Waals surface area contributed by atoms with Crippen LogP contribution in [0.2, 0.25) is 0 Å². The van der Waals surface area contributed by atoms with Gasteiger partial charge in [0.1, 0.15) is 10.8 Å². The van der Waals surface area contributed by atoms with Crippen molar-refractivity contribution in [2.24, 2.45) is 0 Å². The summed E-state index contributed by atoms with van der Waals surface area (Å²) in [6, 6.07) is 16.3. The van der Waals surface area contributed by atoms with Crippen molar-refractivity contribution < 1.29 is 4.74 Å². The largest absolute Gasteiger partial charge is 0.496 e. The van der Waals surface area contributed by atoms with E-state index in [1.54, 1.807) is 24.6 Å². The normalized spacial score (nSPS) is 13.8. The number of rotatable bonds is 4. The van der Waals surface area contributed by atoms with E-state index in [4.69, 9.17) is 4.74 Å². The molecule has 5 rings (SSSR count). The van der Waals surface area contributed by atoms with Gasteiger partial charge in [-0.05, 0) is 48.1 Å². The Labute approximate surface area is 160 Å². The van der Waals surface area contributed by atoms with Crippen molar-refractivity contribution >= 4 is 22.1 Å². The molecule has 2 aromatic carbocycles. The highest BCUT2D eigenvalue weighted by Gasteiger charge is 2.28. The molecule has 1 fully saturated rings. The summed E-state index contributed by atoms with van der Waals surface area (Å²) in [7, 11) is 1.68. The Morgan fingerprint density at radius 3 is 2.74 bits per heavy atom. The number of ether oxygens (including phenoxy) is 1. The molecule has 27 heavy (non-hydrogen) atoms. The van der Waals surface area contributed by atoms with Crippen molar-refractivity contribution in [3.63, 3.8) is 0 Å². The van der Waals surface area contributed by atoms with Gasteiger partial charge in [0.25, 0.3) is 5.56 Å². The van der Waals surface area contributed by atoms with E-state index in [-0.39, 0.29) is 5.56 Å². The third-order valence-corrected chi connectivity index (χ3v) is 5.83. The standard InChI is InChI=1S/C22H18N2O2S/c1-26-20-5-3-2-4-17(20)14-6-9-18-15(12-14)13-19(21-23-10-11-27-21)24(22(18)25)16-7-8-16/h2-6,9-13,16H,7-8H2,1H3. The average molecular weight is 374 g/mol. The third kappa shape index (κ3) is 2.75. The fraction of sp³-hybridized carbons (Fsp3) is 0.182. The van der Waals surface area contributed by atoms with E-state index < -0.39 is 0 Å². The molecule has 0 spiro atoms. The van der Waals surface area contributed by atoms with Crippen LogP contribution in [0.3, 0.4) is 0 Å². The Kier molecular flexibility index (Phi) is 3.83. The van der Waals surface area contributed by atoms with Gasteiger partial charge in [-0.15, -0.1) is 11.3 Å². The van der Waals surface area contributed by atoms with E-state index >= 15 is 0 Å². The van der Waals surface area contributed by atoms with E-state index in [9.17, 15) is 4.79 Å². The van der Waals surface area contributed by atoms with Crippen molar-refractivity contribution in [1.29, 1.82) is 0 Å². The molecule has 0 unspecified atom stereocenters. The Morgan fingerprint density at radius 2 is 2.00 bits per heavy atom. The van der Waals surface area contributed by atoms with Gasteiger partial charge >= 0.3 is 0 Å². The molecule has 0 N–H and O–H groups in total. The zero-order chi connectivity index (χ0) is 18.4. The average Bonchev–Trinajstić information content (AvgIpc) is 3.39. The zero-order valence-corrected chi connectivity index (χ0v) is 15.7. The molecule has 0 bridgehead atoms. The minimum absolute atomic E-state index is 0.0757. The van der Waals surface area contributed by atoms with Gasteiger partial charge in [-0.2, -0.15) is 0 Å². The molecule has 4 nitrogen and oxygen atoms in total. The first-order valence-corrected chi connectivity index (χ1v) is 9.87. The number of pyridine rings is 1. The molecule has 1 saturated carbocycles. The van der Waals surface area contributed by atoms with Crippen molar-refractivity contribution in [3.05, 3.63) is 70.5 Å². The molecule has 5 heteroatoms. The van der Waals surface area contributed by atoms with Gasteiger partial charge in [0.15, 0.2) is 0 Å². The summed E-state index contributed by atoms with van der Waals surface area (Å²) in [6.45, 7) is 0. The molecule has 0 saturated heterocycles. The zero-order valence-electron chi connectivity index (χ0n) is 14.9. The predicted octanol–water partition coefficient (Wildman–Crippen LogP) is 5.14. The van der Waals surface area contributed by atoms with Crippen LogP contribution in [0, 0.1) is 0 Å². The molecule has 4 aromatic rings. The third-order valence-electron chi connectivity index (χ3n) is 5.03. The number of fused-ring (bicyclic) bond motifs is 1. The van der Waals surface area contributed by atoms with Gasteiger partial charge in [0.2, 0.25) is 0 Å². The summed E-state index contributed by atoms with van der Waals surface area (Å²) in [5.74, 6) is 0.823. The second-order valence-electron chi connectivity index (χ2n) is 6.78. The number of hydrogen-bond acceptors (Lipinski definition) is 4. The SMILES string of the molecule is COc1ccccc1-c1ccc2c(=O)n(C3CC3)c(-c3nccs3)cc2c1. The number of para-hydroxylation sites is 1. The van der Waals surface area contributed by atoms with E-state index in [0.29, 0.717) is 6.04 Å². The van der Waals surface area contributed by atoms with Gasteiger partial charge in [0.05, 0.1) is 12.8 Å². The maximum atomic E-state index is 13.2. The monoisotopic (exact) mass is 374 g/mol. The summed E-state index contributed by atoms with van der Waals surface area (Å²) >= 11 is 1.57. The van der Waals surface area contributed by atoms with Crippen molar-refractivity contribution in [3.8, 4) is 27.6 Å². The highest BCUT2D eigenvalue weighted by molar-refractivity contribution is 7.13. The van der Waals surface area contributed by atoms with Crippen LogP contribution in [0.5, 0.6) is 5.75 Å². The topological polar surface area (TPSA) is 44.1 Å². The first-order valence-electron chi connectivity index (χ1n) is 8.99. The first-order chi connectivity index (χ1) is 13.3. The number of nitrogens with zero attached hydrogens (tertiary/aromatic N) is 2. The molecule has 2 heterocycles. The number of benzene rings is 2. The van der Waals surface area contributed by atoms with Crippen LogP contribution in [0.25, 0.3) is 32.6 Å². The maximum Gasteiger partial charge on any atom is 0.259 e. The lowest BCUT2D eigenvalue weighted by Crippen LogP contribution is -2.21. The smallest absolute Gasteiger partial charge is 0.259 e. The summed E-state index contributed by atoms with van der Waals surface area (Å²) in [6.07, 6.45) is 3.91. The van der Waals surface area contributed by atoms with Gasteiger partial charge in [-0.25, -0.2) is 4.98 Å². The lowest BCUT2D eigenvalue weighted by atomic mass is 10.0. The Morgan fingerprint density at radius 1 is 1.15 bits per heavy atom. The van der Waals surface area contributed by atoms with Crippen LogP contribution in [0.4, 0.5) is 0 Å². The van der Waals surface area contributed by atoms with Gasteiger partial charge in [0, 0.05) is 28.6 Å². The molecule has 134 valence electrons. The lowest BCUT2D eigenvalue weighted by molar-refractivity contribution is 0.416. The number of thiazole rings is 1. The van der Waals surface area contributed by atoms with E-state index in [2.05, 4.69) is 17.1 Å². The second kappa shape index (κ2) is 6.35. The Bertz CT molecular complexity index is 1190. The minimum Gasteiger partial charge on any atom is -0.496 e. The van der Waals surface area contributed by atoms with E-state index in [0.717, 1.165) is 51.2 Å². The summed E-state index contributed by atoms with van der Waals surface area (Å²) in [4.78, 5) is 17.7. The maximum absolute atomic E-state index is 13.2. The Hall–Kier alpha value is -2.92. The summed E-state index contributed by atoms with van der Waals surface area (Å²) in [5.41, 5.74) is 3.05. The predicted molar refractivity (Wildman–Crippen MR) is 110 cm³/mol. The molecule has 0 amide bonds. The fourth-order valence-corrected chi connectivity index (χ4v) is 4.24. The second-order valence-corrected chi connectivity index (χ2v) is 7.67. The molecule has 0 radical (unpaired) electrons. The fourth-order valence-electron chi connectivity index (χ4n) is 3.59. The molecular weight excluding hydrogens is 356 g/mol. The molecular formula is C22H18N2O2S.